The Kier molecular flexibility index (Phi) is 5.86. The second-order valence-corrected chi connectivity index (χ2v) is 7.30. The summed E-state index contributed by atoms with van der Waals surface area (Å²) in [6.45, 7) is 5.62. The summed E-state index contributed by atoms with van der Waals surface area (Å²) in [6, 6.07) is 16.2. The predicted octanol–water partition coefficient (Wildman–Crippen LogP) is 4.57. The molecule has 2 aromatic carbocycles. The van der Waals surface area contributed by atoms with E-state index in [0.717, 1.165) is 30.8 Å². The molecule has 1 aliphatic heterocycles. The van der Waals surface area contributed by atoms with Gasteiger partial charge in [0.15, 0.2) is 0 Å². The van der Waals surface area contributed by atoms with Crippen LogP contribution in [-0.4, -0.2) is 34.2 Å². The molecule has 150 valence electrons. The second kappa shape index (κ2) is 8.87. The molecule has 7 heteroatoms. The number of ether oxygens (including phenoxy) is 1. The molecule has 1 fully saturated rings. The molecule has 0 unspecified atom stereocenters. The maximum atomic E-state index is 5.68. The van der Waals surface area contributed by atoms with Crippen LogP contribution in [0, 0.1) is 13.8 Å². The summed E-state index contributed by atoms with van der Waals surface area (Å²) in [7, 11) is 0. The fourth-order valence-corrected chi connectivity index (χ4v) is 3.11. The van der Waals surface area contributed by atoms with Crippen LogP contribution in [0.25, 0.3) is 0 Å². The van der Waals surface area contributed by atoms with Gasteiger partial charge in [0.2, 0.25) is 17.8 Å². The maximum absolute atomic E-state index is 5.68. The third kappa shape index (κ3) is 5.42. The second-order valence-electron chi connectivity index (χ2n) is 7.30. The lowest BCUT2D eigenvalue weighted by atomic mass is 10.2. The van der Waals surface area contributed by atoms with E-state index in [-0.39, 0.29) is 6.10 Å². The van der Waals surface area contributed by atoms with Crippen molar-refractivity contribution in [3.8, 4) is 0 Å². The summed E-state index contributed by atoms with van der Waals surface area (Å²) in [5.41, 5.74) is 4.25. The third-order valence-electron chi connectivity index (χ3n) is 4.76. The molecular formula is C22H26N6O. The van der Waals surface area contributed by atoms with E-state index in [1.54, 1.807) is 0 Å². The highest BCUT2D eigenvalue weighted by atomic mass is 16.5. The van der Waals surface area contributed by atoms with Gasteiger partial charge in [0.25, 0.3) is 0 Å². The number of hydrogen-bond donors (Lipinski definition) is 3. The first-order valence-electron chi connectivity index (χ1n) is 9.93. The molecule has 0 bridgehead atoms. The number of rotatable bonds is 7. The Labute approximate surface area is 171 Å². The van der Waals surface area contributed by atoms with Crippen molar-refractivity contribution in [1.29, 1.82) is 0 Å². The van der Waals surface area contributed by atoms with Gasteiger partial charge in [-0.15, -0.1) is 0 Å². The highest BCUT2D eigenvalue weighted by Gasteiger charge is 2.16. The number of aromatic nitrogens is 3. The monoisotopic (exact) mass is 390 g/mol. The number of hydrogen-bond acceptors (Lipinski definition) is 7. The van der Waals surface area contributed by atoms with Gasteiger partial charge in [-0.05, 0) is 51.0 Å². The van der Waals surface area contributed by atoms with Gasteiger partial charge in [-0.3, -0.25) is 0 Å². The zero-order valence-corrected chi connectivity index (χ0v) is 16.8. The van der Waals surface area contributed by atoms with Crippen LogP contribution in [0.4, 0.5) is 29.2 Å². The third-order valence-corrected chi connectivity index (χ3v) is 4.76. The predicted molar refractivity (Wildman–Crippen MR) is 116 cm³/mol. The molecule has 7 nitrogen and oxygen atoms in total. The van der Waals surface area contributed by atoms with Crippen LogP contribution in [0.3, 0.4) is 0 Å². The van der Waals surface area contributed by atoms with E-state index in [9.17, 15) is 0 Å². The van der Waals surface area contributed by atoms with Crippen molar-refractivity contribution in [3.63, 3.8) is 0 Å². The van der Waals surface area contributed by atoms with Crippen molar-refractivity contribution < 1.29 is 4.74 Å². The zero-order chi connectivity index (χ0) is 20.1. The van der Waals surface area contributed by atoms with Gasteiger partial charge in [0, 0.05) is 24.5 Å². The molecule has 0 spiro atoms. The Hall–Kier alpha value is -3.19. The average molecular weight is 390 g/mol. The van der Waals surface area contributed by atoms with Crippen LogP contribution in [-0.2, 0) is 4.74 Å². The van der Waals surface area contributed by atoms with Crippen molar-refractivity contribution in [3.05, 3.63) is 59.7 Å². The van der Waals surface area contributed by atoms with Crippen molar-refractivity contribution in [2.24, 2.45) is 0 Å². The first-order chi connectivity index (χ1) is 14.1. The minimum atomic E-state index is 0.203. The largest absolute Gasteiger partial charge is 0.376 e. The Morgan fingerprint density at radius 3 is 1.79 bits per heavy atom. The molecule has 4 rings (SSSR count). The number of anilines is 5. The van der Waals surface area contributed by atoms with Crippen LogP contribution in [0.1, 0.15) is 24.0 Å². The van der Waals surface area contributed by atoms with Crippen LogP contribution in [0.15, 0.2) is 48.5 Å². The minimum absolute atomic E-state index is 0.203. The Morgan fingerprint density at radius 1 is 0.793 bits per heavy atom. The standard InChI is InChI=1S/C22H26N6O/c1-15-5-9-17(10-6-15)24-21-26-20(23-14-19-4-3-13-29-19)27-22(28-21)25-18-11-7-16(2)8-12-18/h5-12,19H,3-4,13-14H2,1-2H3,(H3,23,24,25,26,27,28)/t19-/m0/s1. The van der Waals surface area contributed by atoms with Crippen molar-refractivity contribution in [1.82, 2.24) is 15.0 Å². The van der Waals surface area contributed by atoms with Gasteiger partial charge in [-0.2, -0.15) is 15.0 Å². The fraction of sp³-hybridized carbons (Fsp3) is 0.318. The molecule has 1 aromatic heterocycles. The van der Waals surface area contributed by atoms with Gasteiger partial charge in [0.05, 0.1) is 6.10 Å². The van der Waals surface area contributed by atoms with E-state index in [2.05, 4.69) is 44.7 Å². The normalized spacial score (nSPS) is 15.9. The Morgan fingerprint density at radius 2 is 1.31 bits per heavy atom. The highest BCUT2D eigenvalue weighted by Crippen LogP contribution is 2.20. The molecule has 1 atom stereocenters. The first kappa shape index (κ1) is 19.1. The van der Waals surface area contributed by atoms with Gasteiger partial charge in [0.1, 0.15) is 0 Å². The van der Waals surface area contributed by atoms with Gasteiger partial charge >= 0.3 is 0 Å². The molecule has 0 radical (unpaired) electrons. The van der Waals surface area contributed by atoms with E-state index in [4.69, 9.17) is 4.74 Å². The summed E-state index contributed by atoms with van der Waals surface area (Å²) in [4.78, 5) is 13.6. The molecule has 1 saturated heterocycles. The topological polar surface area (TPSA) is 84.0 Å². The number of nitrogens with zero attached hydrogens (tertiary/aromatic N) is 3. The van der Waals surface area contributed by atoms with E-state index in [1.165, 1.54) is 11.1 Å². The number of aryl methyl sites for hydroxylation is 2. The summed E-state index contributed by atoms with van der Waals surface area (Å²) < 4.78 is 5.68. The summed E-state index contributed by atoms with van der Waals surface area (Å²) in [5, 5.41) is 9.81. The molecule has 2 heterocycles. The van der Waals surface area contributed by atoms with Gasteiger partial charge in [-0.25, -0.2) is 0 Å². The molecular weight excluding hydrogens is 364 g/mol. The van der Waals surface area contributed by atoms with Gasteiger partial charge < -0.3 is 20.7 Å². The molecule has 0 saturated carbocycles. The maximum Gasteiger partial charge on any atom is 0.233 e. The molecule has 3 N–H and O–H groups in total. The summed E-state index contributed by atoms with van der Waals surface area (Å²) >= 11 is 0. The number of benzene rings is 2. The van der Waals surface area contributed by atoms with Crippen LogP contribution in [0.2, 0.25) is 0 Å². The van der Waals surface area contributed by atoms with Crippen molar-refractivity contribution >= 4 is 29.2 Å². The zero-order valence-electron chi connectivity index (χ0n) is 16.8. The average Bonchev–Trinajstić information content (AvgIpc) is 3.24. The van der Waals surface area contributed by atoms with Crippen molar-refractivity contribution in [2.45, 2.75) is 32.8 Å². The summed E-state index contributed by atoms with van der Waals surface area (Å²) in [5.74, 6) is 1.47. The smallest absolute Gasteiger partial charge is 0.233 e. The molecule has 3 aromatic rings. The molecule has 1 aliphatic rings. The molecule has 0 aliphatic carbocycles. The lowest BCUT2D eigenvalue weighted by molar-refractivity contribution is 0.120. The Balaban J connectivity index is 1.55. The number of nitrogens with one attached hydrogen (secondary N) is 3. The van der Waals surface area contributed by atoms with Crippen LogP contribution in [0.5, 0.6) is 0 Å². The highest BCUT2D eigenvalue weighted by molar-refractivity contribution is 5.59. The van der Waals surface area contributed by atoms with Gasteiger partial charge in [-0.1, -0.05) is 35.4 Å². The molecule has 0 amide bonds. The van der Waals surface area contributed by atoms with Crippen LogP contribution >= 0.6 is 0 Å². The Bertz CT molecular complexity index is 871. The first-order valence-corrected chi connectivity index (χ1v) is 9.93. The lowest BCUT2D eigenvalue weighted by Crippen LogP contribution is -2.20. The van der Waals surface area contributed by atoms with Crippen molar-refractivity contribution in [2.75, 3.05) is 29.1 Å². The van der Waals surface area contributed by atoms with E-state index < -0.39 is 0 Å². The summed E-state index contributed by atoms with van der Waals surface area (Å²) in [6.07, 6.45) is 2.36. The quantitative estimate of drug-likeness (QED) is 0.545. The van der Waals surface area contributed by atoms with E-state index in [0.29, 0.717) is 24.4 Å². The lowest BCUT2D eigenvalue weighted by Gasteiger charge is -2.13. The fourth-order valence-electron chi connectivity index (χ4n) is 3.11. The minimum Gasteiger partial charge on any atom is -0.376 e. The van der Waals surface area contributed by atoms with E-state index >= 15 is 0 Å². The van der Waals surface area contributed by atoms with Crippen LogP contribution < -0.4 is 16.0 Å². The molecule has 29 heavy (non-hydrogen) atoms. The van der Waals surface area contributed by atoms with E-state index in [1.807, 2.05) is 48.5 Å². The SMILES string of the molecule is Cc1ccc(Nc2nc(NC[C@@H]3CCCO3)nc(Nc3ccc(C)cc3)n2)cc1.